The number of aromatic nitrogens is 2. The lowest BCUT2D eigenvalue weighted by Gasteiger charge is -2.40. The molecule has 1 saturated heterocycles. The standard InChI is InChI=1S/C22H18ClN5O2/c23-26-13-20(19-11-9-15-5-1-3-7-17(15)24-19)27(22(14-26)28(29)30)21-12-10-16-6-2-4-8-18(16)25-21/h1-12,20,22H,13-14H2. The van der Waals surface area contributed by atoms with E-state index < -0.39 is 12.2 Å². The smallest absolute Gasteiger partial charge is 0.283 e. The highest BCUT2D eigenvalue weighted by molar-refractivity contribution is 6.13. The Kier molecular flexibility index (Phi) is 4.69. The Balaban J connectivity index is 1.65. The second-order valence-corrected chi connectivity index (χ2v) is 7.79. The van der Waals surface area contributed by atoms with Gasteiger partial charge in [-0.2, -0.15) is 0 Å². The zero-order chi connectivity index (χ0) is 20.7. The molecule has 0 spiro atoms. The van der Waals surface area contributed by atoms with Crippen LogP contribution in [0.15, 0.2) is 72.8 Å². The number of benzene rings is 2. The summed E-state index contributed by atoms with van der Waals surface area (Å²) in [6.07, 6.45) is -1.04. The van der Waals surface area contributed by atoms with Crippen LogP contribution in [0, 0.1) is 10.1 Å². The van der Waals surface area contributed by atoms with Gasteiger partial charge in [-0.1, -0.05) is 42.5 Å². The Labute approximate surface area is 177 Å². The van der Waals surface area contributed by atoms with Crippen molar-refractivity contribution in [2.75, 3.05) is 18.0 Å². The highest BCUT2D eigenvalue weighted by Crippen LogP contribution is 2.34. The fraction of sp³-hybridized carbons (Fsp3) is 0.182. The Hall–Kier alpha value is -3.29. The van der Waals surface area contributed by atoms with Gasteiger partial charge >= 0.3 is 6.17 Å². The second-order valence-electron chi connectivity index (χ2n) is 7.31. The van der Waals surface area contributed by atoms with Crippen LogP contribution in [0.5, 0.6) is 0 Å². The van der Waals surface area contributed by atoms with Crippen LogP contribution < -0.4 is 4.90 Å². The van der Waals surface area contributed by atoms with Gasteiger partial charge < -0.3 is 0 Å². The average molecular weight is 420 g/mol. The van der Waals surface area contributed by atoms with Gasteiger partial charge in [-0.15, -0.1) is 0 Å². The lowest BCUT2D eigenvalue weighted by atomic mass is 10.1. The predicted octanol–water partition coefficient (Wildman–Crippen LogP) is 4.40. The number of hydrogen-bond donors (Lipinski definition) is 0. The molecule has 2 aromatic carbocycles. The lowest BCUT2D eigenvalue weighted by molar-refractivity contribution is -0.524. The number of hydrogen-bond acceptors (Lipinski definition) is 6. The fourth-order valence-corrected chi connectivity index (χ4v) is 4.26. The maximum atomic E-state index is 12.0. The number of anilines is 1. The van der Waals surface area contributed by atoms with Gasteiger partial charge in [-0.05, 0) is 42.1 Å². The van der Waals surface area contributed by atoms with Crippen molar-refractivity contribution in [1.29, 1.82) is 0 Å². The molecule has 5 rings (SSSR count). The van der Waals surface area contributed by atoms with E-state index in [1.807, 2.05) is 72.8 Å². The van der Waals surface area contributed by atoms with Crippen molar-refractivity contribution in [2.24, 2.45) is 0 Å². The van der Waals surface area contributed by atoms with Crippen molar-refractivity contribution < 1.29 is 4.92 Å². The molecule has 0 N–H and O–H groups in total. The fourth-order valence-electron chi connectivity index (χ4n) is 4.01. The second kappa shape index (κ2) is 7.51. The summed E-state index contributed by atoms with van der Waals surface area (Å²) in [5.41, 5.74) is 2.35. The molecule has 7 nitrogen and oxygen atoms in total. The highest BCUT2D eigenvalue weighted by atomic mass is 35.5. The first-order chi connectivity index (χ1) is 14.6. The van der Waals surface area contributed by atoms with E-state index in [1.54, 1.807) is 4.90 Å². The number of fused-ring (bicyclic) bond motifs is 2. The summed E-state index contributed by atoms with van der Waals surface area (Å²) in [5, 5.41) is 14.0. The summed E-state index contributed by atoms with van der Waals surface area (Å²) < 4.78 is 1.46. The van der Waals surface area contributed by atoms with E-state index >= 15 is 0 Å². The number of para-hydroxylation sites is 2. The van der Waals surface area contributed by atoms with E-state index in [9.17, 15) is 10.1 Å². The topological polar surface area (TPSA) is 75.4 Å². The third-order valence-electron chi connectivity index (χ3n) is 5.44. The van der Waals surface area contributed by atoms with E-state index in [4.69, 9.17) is 21.7 Å². The first kappa shape index (κ1) is 18.7. The summed E-state index contributed by atoms with van der Waals surface area (Å²) >= 11 is 6.32. The number of rotatable bonds is 3. The molecule has 0 bridgehead atoms. The van der Waals surface area contributed by atoms with Crippen LogP contribution in [-0.2, 0) is 0 Å². The van der Waals surface area contributed by atoms with Gasteiger partial charge in [-0.25, -0.2) is 9.40 Å². The maximum Gasteiger partial charge on any atom is 0.302 e. The van der Waals surface area contributed by atoms with Crippen molar-refractivity contribution >= 4 is 39.4 Å². The lowest BCUT2D eigenvalue weighted by Crippen LogP contribution is -2.56. The normalized spacial score (nSPS) is 20.0. The predicted molar refractivity (Wildman–Crippen MR) is 117 cm³/mol. The van der Waals surface area contributed by atoms with Gasteiger partial charge in [0.2, 0.25) is 0 Å². The first-order valence-electron chi connectivity index (χ1n) is 9.64. The van der Waals surface area contributed by atoms with Crippen molar-refractivity contribution in [3.05, 3.63) is 88.6 Å². The Bertz CT molecular complexity index is 1250. The SMILES string of the molecule is O=[N+]([O-])C1CN(Cl)CC(c2ccc3ccccc3n2)N1c1ccc2ccccc2n1. The molecule has 1 aliphatic rings. The molecule has 0 amide bonds. The number of piperazine rings is 1. The van der Waals surface area contributed by atoms with Crippen LogP contribution in [0.3, 0.4) is 0 Å². The molecule has 1 fully saturated rings. The zero-order valence-electron chi connectivity index (χ0n) is 15.9. The summed E-state index contributed by atoms with van der Waals surface area (Å²) in [6.45, 7) is 0.485. The van der Waals surface area contributed by atoms with Gasteiger partial charge in [0.15, 0.2) is 0 Å². The summed E-state index contributed by atoms with van der Waals surface area (Å²) in [6, 6.07) is 22.8. The molecule has 1 aliphatic heterocycles. The molecule has 0 radical (unpaired) electrons. The van der Waals surface area contributed by atoms with Gasteiger partial charge in [0, 0.05) is 22.2 Å². The zero-order valence-corrected chi connectivity index (χ0v) is 16.7. The van der Waals surface area contributed by atoms with Crippen molar-refractivity contribution in [2.45, 2.75) is 12.2 Å². The summed E-state index contributed by atoms with van der Waals surface area (Å²) in [5.74, 6) is 0.542. The van der Waals surface area contributed by atoms with Crippen LogP contribution in [0.2, 0.25) is 0 Å². The minimum atomic E-state index is -1.04. The Morgan fingerprint density at radius 2 is 1.50 bits per heavy atom. The summed E-state index contributed by atoms with van der Waals surface area (Å²) in [7, 11) is 0. The van der Waals surface area contributed by atoms with Crippen LogP contribution in [0.1, 0.15) is 11.7 Å². The molecule has 2 aromatic heterocycles. The minimum absolute atomic E-state index is 0.0904. The molecule has 4 aromatic rings. The first-order valence-corrected chi connectivity index (χ1v) is 9.98. The Morgan fingerprint density at radius 3 is 2.20 bits per heavy atom. The molecule has 2 atom stereocenters. The molecule has 150 valence electrons. The third kappa shape index (κ3) is 3.32. The van der Waals surface area contributed by atoms with Gasteiger partial charge in [0.1, 0.15) is 12.4 Å². The van der Waals surface area contributed by atoms with Crippen LogP contribution in [0.4, 0.5) is 5.82 Å². The third-order valence-corrected chi connectivity index (χ3v) is 5.72. The van der Waals surface area contributed by atoms with Gasteiger partial charge in [-0.3, -0.25) is 20.0 Å². The van der Waals surface area contributed by atoms with Gasteiger partial charge in [0.25, 0.3) is 0 Å². The summed E-state index contributed by atoms with van der Waals surface area (Å²) in [4.78, 5) is 22.9. The molecule has 2 unspecified atom stereocenters. The van der Waals surface area contributed by atoms with Crippen LogP contribution in [-0.4, -0.2) is 38.6 Å². The van der Waals surface area contributed by atoms with Crippen LogP contribution in [0.25, 0.3) is 21.8 Å². The average Bonchev–Trinajstić information content (AvgIpc) is 2.77. The van der Waals surface area contributed by atoms with Gasteiger partial charge in [0.05, 0.1) is 22.8 Å². The number of pyridine rings is 2. The van der Waals surface area contributed by atoms with E-state index in [-0.39, 0.29) is 11.5 Å². The quantitative estimate of drug-likeness (QED) is 0.278. The molecule has 0 saturated carbocycles. The molecular formula is C22H18ClN5O2. The number of nitrogens with zero attached hydrogens (tertiary/aromatic N) is 5. The molecular weight excluding hydrogens is 402 g/mol. The highest BCUT2D eigenvalue weighted by Gasteiger charge is 2.43. The number of halogens is 1. The number of nitro groups is 1. The molecule has 0 aliphatic carbocycles. The minimum Gasteiger partial charge on any atom is -0.283 e. The Morgan fingerprint density at radius 1 is 0.867 bits per heavy atom. The maximum absolute atomic E-state index is 12.0. The van der Waals surface area contributed by atoms with Crippen molar-refractivity contribution in [1.82, 2.24) is 14.4 Å². The molecule has 30 heavy (non-hydrogen) atoms. The van der Waals surface area contributed by atoms with E-state index in [2.05, 4.69) is 0 Å². The van der Waals surface area contributed by atoms with Crippen molar-refractivity contribution in [3.63, 3.8) is 0 Å². The molecule has 8 heteroatoms. The van der Waals surface area contributed by atoms with Crippen molar-refractivity contribution in [3.8, 4) is 0 Å². The van der Waals surface area contributed by atoms with E-state index in [0.29, 0.717) is 12.4 Å². The van der Waals surface area contributed by atoms with E-state index in [0.717, 1.165) is 27.5 Å². The largest absolute Gasteiger partial charge is 0.302 e. The monoisotopic (exact) mass is 419 g/mol. The van der Waals surface area contributed by atoms with E-state index in [1.165, 1.54) is 4.42 Å². The van der Waals surface area contributed by atoms with Crippen LogP contribution >= 0.6 is 11.8 Å². The molecule has 3 heterocycles.